The highest BCUT2D eigenvalue weighted by Crippen LogP contribution is 2.50. The lowest BCUT2D eigenvalue weighted by atomic mass is 9.77. The van der Waals surface area contributed by atoms with Gasteiger partial charge in [0.15, 0.2) is 0 Å². The van der Waals surface area contributed by atoms with E-state index in [9.17, 15) is 39.3 Å². The molecule has 17 nitrogen and oxygen atoms in total. The molecule has 9 atom stereocenters. The van der Waals surface area contributed by atoms with Crippen molar-refractivity contribution in [2.45, 2.75) is 176 Å². The van der Waals surface area contributed by atoms with Gasteiger partial charge in [0.25, 0.3) is 11.7 Å². The summed E-state index contributed by atoms with van der Waals surface area (Å²) in [6, 6.07) is 0. The summed E-state index contributed by atoms with van der Waals surface area (Å²) < 4.78 is 25.2. The van der Waals surface area contributed by atoms with E-state index in [1.165, 1.54) is 13.2 Å². The van der Waals surface area contributed by atoms with E-state index in [-0.39, 0.29) is 68.8 Å². The van der Waals surface area contributed by atoms with Crippen LogP contribution in [-0.4, -0.2) is 135 Å². The molecule has 2 saturated heterocycles. The van der Waals surface area contributed by atoms with Gasteiger partial charge in [0, 0.05) is 86.9 Å². The van der Waals surface area contributed by atoms with Crippen molar-refractivity contribution in [2.75, 3.05) is 32.7 Å². The van der Waals surface area contributed by atoms with Gasteiger partial charge in [-0.15, -0.1) is 0 Å². The highest BCUT2D eigenvalue weighted by atomic mass is 16.7. The fourth-order valence-electron chi connectivity index (χ4n) is 12.3. The third-order valence-electron chi connectivity index (χ3n) is 17.5. The van der Waals surface area contributed by atoms with Crippen LogP contribution in [0.15, 0.2) is 52.5 Å². The van der Waals surface area contributed by atoms with Gasteiger partial charge in [-0.2, -0.15) is 0 Å². The minimum absolute atomic E-state index is 0.0194. The third kappa shape index (κ3) is 11.6. The topological polar surface area (TPSA) is 226 Å². The molecule has 6 aliphatic heterocycles. The summed E-state index contributed by atoms with van der Waals surface area (Å²) >= 11 is 0. The first kappa shape index (κ1) is 56.8. The highest BCUT2D eigenvalue weighted by molar-refractivity contribution is 6.34. The Morgan fingerprint density at radius 1 is 0.829 bits per heavy atom. The van der Waals surface area contributed by atoms with Crippen molar-refractivity contribution in [1.29, 1.82) is 0 Å². The predicted octanol–water partition coefficient (Wildman–Crippen LogP) is 7.19. The van der Waals surface area contributed by atoms with Gasteiger partial charge in [-0.3, -0.25) is 29.0 Å². The third-order valence-corrected chi connectivity index (χ3v) is 17.5. The van der Waals surface area contributed by atoms with Crippen molar-refractivity contribution >= 4 is 35.1 Å². The molecule has 0 unspecified atom stereocenters. The number of ether oxygens (including phenoxy) is 4. The molecule has 0 aromatic heterocycles. The number of piperidine rings is 2. The largest absolute Gasteiger partial charge is 0.507 e. The van der Waals surface area contributed by atoms with Gasteiger partial charge in [-0.05, 0) is 82.1 Å². The molecule has 2 amide bonds. The number of hydrogen-bond donors (Lipinski definition) is 5. The molecule has 8 aliphatic rings. The van der Waals surface area contributed by atoms with E-state index in [1.807, 2.05) is 13.8 Å². The summed E-state index contributed by atoms with van der Waals surface area (Å²) in [6.45, 7) is 23.5. The maximum atomic E-state index is 14.9. The summed E-state index contributed by atoms with van der Waals surface area (Å²) in [5, 5.41) is 42.0. The van der Waals surface area contributed by atoms with Gasteiger partial charge in [0.05, 0.1) is 53.2 Å². The van der Waals surface area contributed by atoms with Crippen molar-refractivity contribution in [3.8, 4) is 11.5 Å². The Kier molecular flexibility index (Phi) is 17.1. The Bertz CT molecular complexity index is 2580. The number of esters is 1. The molecule has 17 heteroatoms. The summed E-state index contributed by atoms with van der Waals surface area (Å²) in [4.78, 5) is 80.7. The first-order valence-corrected chi connectivity index (χ1v) is 28.0. The van der Waals surface area contributed by atoms with Gasteiger partial charge in [-0.1, -0.05) is 73.6 Å². The number of aromatic hydroxyl groups is 1. The molecule has 0 radical (unpaired) electrons. The molecule has 2 aliphatic carbocycles. The van der Waals surface area contributed by atoms with Crippen LogP contribution in [0, 0.1) is 48.3 Å². The number of allylic oxidation sites excluding steroid dienone is 5. The fourth-order valence-corrected chi connectivity index (χ4v) is 12.3. The van der Waals surface area contributed by atoms with E-state index in [4.69, 9.17) is 23.9 Å². The zero-order chi connectivity index (χ0) is 55.1. The number of phenolic OH excluding ortho intramolecular Hbond substituents is 1. The number of phenols is 1. The number of Topliss-reactive ketones (excluding diaryl/α,β-unsaturated/α-hetero) is 2. The van der Waals surface area contributed by atoms with Crippen LogP contribution in [0.25, 0.3) is 0 Å². The molecule has 76 heavy (non-hydrogen) atoms. The Morgan fingerprint density at radius 2 is 1.49 bits per heavy atom. The van der Waals surface area contributed by atoms with Crippen molar-refractivity contribution in [2.24, 2.45) is 46.4 Å². The summed E-state index contributed by atoms with van der Waals surface area (Å²) in [6.07, 6.45) is 11.5. The number of carbonyl (C=O) groups is 5. The second kappa shape index (κ2) is 22.9. The van der Waals surface area contributed by atoms with Gasteiger partial charge in [-0.25, -0.2) is 0 Å². The second-order valence-electron chi connectivity index (χ2n) is 23.8. The van der Waals surface area contributed by atoms with Crippen molar-refractivity contribution in [3.63, 3.8) is 0 Å². The fraction of sp³-hybridized carbons (Fsp3) is 0.661. The maximum absolute atomic E-state index is 14.9. The monoisotopic (exact) mass is 1050 g/mol. The molecular formula is C59H83N5O12. The Hall–Kier alpha value is -5.36. The van der Waals surface area contributed by atoms with Crippen LogP contribution in [0.3, 0.4) is 0 Å². The molecule has 5 bridgehead atoms. The number of ketones is 2. The predicted molar refractivity (Wildman–Crippen MR) is 286 cm³/mol. The van der Waals surface area contributed by atoms with Gasteiger partial charge in [0.1, 0.15) is 35.4 Å². The minimum Gasteiger partial charge on any atom is -0.507 e. The van der Waals surface area contributed by atoms with Crippen LogP contribution in [0.4, 0.5) is 0 Å². The van der Waals surface area contributed by atoms with E-state index in [1.54, 1.807) is 63.8 Å². The number of amides is 2. The van der Waals surface area contributed by atoms with Gasteiger partial charge >= 0.3 is 11.8 Å². The summed E-state index contributed by atoms with van der Waals surface area (Å²) in [5.74, 6) is -7.14. The average molecular weight is 1050 g/mol. The van der Waals surface area contributed by atoms with Crippen LogP contribution in [0.5, 0.6) is 11.5 Å². The van der Waals surface area contributed by atoms with Crippen LogP contribution < -0.4 is 15.4 Å². The average Bonchev–Trinajstić information content (AvgIpc) is 3.99. The van der Waals surface area contributed by atoms with Crippen LogP contribution in [0.1, 0.15) is 159 Å². The number of fused-ring (bicyclic) bond motifs is 13. The standard InChI is InChI=1S/C59H83N5O12/c1-31(2)30-63-26-22-59(23-27-63)61-47-44-45-52(69)39(10)55-46(44)56(71)58(11,76-55)73-28-21-33(4)36(7)54(75-43(66)29-42(65)64-24-19-41(20-25-64)74-40-17-15-32(3)16-18-40)38(9)51(68)37(8)50(67)34(5)13-12-14-35(6)57(72)60-49(53(45)70)48(47)62-59/h12-14,21,28,31-34,36-38,40-41,50-51,54,62,67-69H,15-20,22-27,29-30H2,1-11H3,(H,60,72)/b13-12+,28-21+,35-14-/t32?,33-,34-,36+,37+,38+,40?,50-,51+,54+,58-/m0/s1. The van der Waals surface area contributed by atoms with Crippen molar-refractivity contribution in [1.82, 2.24) is 20.4 Å². The number of aliphatic imine (C=N–C) groups is 1. The number of benzene rings is 1. The molecule has 9 rings (SSSR count). The molecule has 1 aromatic carbocycles. The molecule has 3 fully saturated rings. The number of rotatable bonds is 7. The molecule has 1 saturated carbocycles. The lowest BCUT2D eigenvalue weighted by molar-refractivity contribution is -0.164. The number of aliphatic hydroxyl groups is 2. The smallest absolute Gasteiger partial charge is 0.315 e. The first-order valence-electron chi connectivity index (χ1n) is 28.0. The van der Waals surface area contributed by atoms with E-state index >= 15 is 0 Å². The maximum Gasteiger partial charge on any atom is 0.315 e. The molecule has 416 valence electrons. The van der Waals surface area contributed by atoms with Crippen LogP contribution in [-0.2, 0) is 28.6 Å². The highest BCUT2D eigenvalue weighted by Gasteiger charge is 2.54. The van der Waals surface area contributed by atoms with Gasteiger partial charge in [0.2, 0.25) is 11.7 Å². The van der Waals surface area contributed by atoms with E-state index in [0.717, 1.165) is 38.1 Å². The number of likely N-dealkylation sites (tertiary alicyclic amines) is 2. The van der Waals surface area contributed by atoms with Crippen LogP contribution >= 0.6 is 0 Å². The van der Waals surface area contributed by atoms with Gasteiger partial charge < -0.3 is 54.7 Å². The lowest BCUT2D eigenvalue weighted by Crippen LogP contribution is -2.50. The molecule has 6 heterocycles. The minimum atomic E-state index is -1.97. The summed E-state index contributed by atoms with van der Waals surface area (Å²) in [7, 11) is 0. The normalized spacial score (nSPS) is 34.1. The Balaban J connectivity index is 1.08. The quantitative estimate of drug-likeness (QED) is 0.135. The number of aliphatic hydroxyl groups excluding tert-OH is 2. The van der Waals surface area contributed by atoms with E-state index < -0.39 is 95.0 Å². The van der Waals surface area contributed by atoms with E-state index in [2.05, 4.69) is 36.3 Å². The zero-order valence-corrected chi connectivity index (χ0v) is 46.6. The number of nitrogens with one attached hydrogen (secondary N) is 2. The number of nitrogens with zero attached hydrogens (tertiary/aromatic N) is 3. The van der Waals surface area contributed by atoms with Crippen molar-refractivity contribution < 1.29 is 58.2 Å². The molecule has 5 N–H and O–H groups in total. The zero-order valence-electron chi connectivity index (χ0n) is 46.6. The lowest BCUT2D eigenvalue weighted by Gasteiger charge is -2.38. The summed E-state index contributed by atoms with van der Waals surface area (Å²) in [5.41, 5.74) is -0.221. The molecule has 1 aromatic rings. The Labute approximate surface area is 448 Å². The Morgan fingerprint density at radius 3 is 2.14 bits per heavy atom. The number of hydrogen-bond acceptors (Lipinski definition) is 15. The van der Waals surface area contributed by atoms with E-state index in [0.29, 0.717) is 57.8 Å². The first-order chi connectivity index (χ1) is 35.9. The second-order valence-corrected chi connectivity index (χ2v) is 23.8. The number of carbonyl (C=O) groups excluding carboxylic acids is 5. The van der Waals surface area contributed by atoms with Crippen molar-refractivity contribution in [3.05, 3.63) is 69.8 Å². The van der Waals surface area contributed by atoms with Crippen LogP contribution in [0.2, 0.25) is 0 Å². The SMILES string of the molecule is C/C1=C/C=C/[C@H](C)[C@H](O)[C@@H](C)[C@@H](O)[C@@H](C)[C@H](OC(=O)CC(=O)N2CCC(OC3CCC(C)CC3)CC2)[C@H](C)[C@@H](C)/C=C/O[C@@]2(C)Oc3c(C)c(O)c4c(c3C2=O)C2=NC3(CCN(CC(C)C)CC3)NC2=C(NC1=O)C4=O. The molecular weight excluding hydrogens is 971 g/mol. The molecule has 1 spiro atoms.